The van der Waals surface area contributed by atoms with E-state index in [-0.39, 0.29) is 12.4 Å². The van der Waals surface area contributed by atoms with Crippen LogP contribution < -0.4 is 4.74 Å². The summed E-state index contributed by atoms with van der Waals surface area (Å²) in [5.41, 5.74) is 6.62. The van der Waals surface area contributed by atoms with Gasteiger partial charge in [0.05, 0.1) is 0 Å². The van der Waals surface area contributed by atoms with Gasteiger partial charge in [0, 0.05) is 12.0 Å². The van der Waals surface area contributed by atoms with Crippen LogP contribution in [0.1, 0.15) is 33.4 Å². The van der Waals surface area contributed by atoms with Crippen molar-refractivity contribution in [2.24, 2.45) is 0 Å². The van der Waals surface area contributed by atoms with Crippen LogP contribution in [0.2, 0.25) is 0 Å². The number of aliphatic carboxylic acids is 1. The fraction of sp³-hybridized carbons (Fsp3) is 0.208. The molecule has 0 spiro atoms. The van der Waals surface area contributed by atoms with Crippen LogP contribution in [-0.2, 0) is 17.6 Å². The quantitative estimate of drug-likeness (QED) is 0.630. The molecule has 4 nitrogen and oxygen atoms in total. The highest BCUT2D eigenvalue weighted by Crippen LogP contribution is 2.32. The molecule has 0 amide bonds. The normalized spacial score (nSPS) is 10.6. The van der Waals surface area contributed by atoms with Crippen molar-refractivity contribution in [2.45, 2.75) is 26.7 Å². The largest absolute Gasteiger partial charge is 0.508 e. The first-order valence-corrected chi connectivity index (χ1v) is 9.22. The Bertz CT molecular complexity index is 960. The Morgan fingerprint density at radius 2 is 1.50 bits per heavy atom. The van der Waals surface area contributed by atoms with Crippen molar-refractivity contribution in [1.29, 1.82) is 0 Å². The molecule has 0 fully saturated rings. The van der Waals surface area contributed by atoms with Gasteiger partial charge in [0.25, 0.3) is 0 Å². The molecule has 2 N–H and O–H groups in total. The molecule has 0 heterocycles. The maximum absolute atomic E-state index is 11.0. The molecule has 0 aliphatic heterocycles. The SMILES string of the molecule is Cc1cc(OCC(=O)O)c(Cc2ccccc2)c(C)c1Cc1ccc(O)cc1. The van der Waals surface area contributed by atoms with Crippen molar-refractivity contribution >= 4 is 5.97 Å². The molecule has 144 valence electrons. The van der Waals surface area contributed by atoms with Gasteiger partial charge in [-0.1, -0.05) is 42.5 Å². The highest BCUT2D eigenvalue weighted by molar-refractivity contribution is 5.68. The van der Waals surface area contributed by atoms with E-state index in [4.69, 9.17) is 9.84 Å². The number of phenolic OH excluding ortho intramolecular Hbond substituents is 1. The Labute approximate surface area is 165 Å². The Hall–Kier alpha value is -3.27. The first kappa shape index (κ1) is 19.5. The topological polar surface area (TPSA) is 66.8 Å². The zero-order valence-electron chi connectivity index (χ0n) is 16.1. The number of ether oxygens (including phenoxy) is 1. The molecule has 3 aromatic carbocycles. The summed E-state index contributed by atoms with van der Waals surface area (Å²) < 4.78 is 5.62. The highest BCUT2D eigenvalue weighted by atomic mass is 16.5. The second-order valence-electron chi connectivity index (χ2n) is 6.96. The smallest absolute Gasteiger partial charge is 0.341 e. The monoisotopic (exact) mass is 376 g/mol. The number of carboxylic acid groups (broad SMARTS) is 1. The summed E-state index contributed by atoms with van der Waals surface area (Å²) in [6, 6.07) is 19.2. The van der Waals surface area contributed by atoms with Crippen LogP contribution in [0.25, 0.3) is 0 Å². The number of aryl methyl sites for hydroxylation is 1. The van der Waals surface area contributed by atoms with Gasteiger partial charge in [-0.25, -0.2) is 4.79 Å². The van der Waals surface area contributed by atoms with Gasteiger partial charge in [-0.2, -0.15) is 0 Å². The summed E-state index contributed by atoms with van der Waals surface area (Å²) >= 11 is 0. The predicted octanol–water partition coefficient (Wildman–Crippen LogP) is 4.65. The lowest BCUT2D eigenvalue weighted by molar-refractivity contribution is -0.139. The van der Waals surface area contributed by atoms with E-state index in [0.717, 1.165) is 34.2 Å². The number of carbonyl (C=O) groups is 1. The zero-order chi connectivity index (χ0) is 20.1. The fourth-order valence-corrected chi connectivity index (χ4v) is 3.41. The van der Waals surface area contributed by atoms with Crippen molar-refractivity contribution in [2.75, 3.05) is 6.61 Å². The Morgan fingerprint density at radius 1 is 0.893 bits per heavy atom. The number of benzene rings is 3. The number of carboxylic acids is 1. The lowest BCUT2D eigenvalue weighted by atomic mass is 9.89. The molecule has 0 aliphatic rings. The molecule has 0 aromatic heterocycles. The number of aromatic hydroxyl groups is 1. The third kappa shape index (κ3) is 4.71. The number of phenols is 1. The van der Waals surface area contributed by atoms with E-state index in [1.165, 1.54) is 5.56 Å². The maximum atomic E-state index is 11.0. The van der Waals surface area contributed by atoms with Crippen LogP contribution in [0, 0.1) is 13.8 Å². The van der Waals surface area contributed by atoms with E-state index in [0.29, 0.717) is 12.2 Å². The minimum atomic E-state index is -0.992. The van der Waals surface area contributed by atoms with Crippen molar-refractivity contribution in [3.8, 4) is 11.5 Å². The lowest BCUT2D eigenvalue weighted by Gasteiger charge is -2.19. The van der Waals surface area contributed by atoms with Crippen LogP contribution >= 0.6 is 0 Å². The van der Waals surface area contributed by atoms with E-state index in [2.05, 4.69) is 19.1 Å². The van der Waals surface area contributed by atoms with Crippen molar-refractivity contribution < 1.29 is 19.7 Å². The summed E-state index contributed by atoms with van der Waals surface area (Å²) in [7, 11) is 0. The number of hydrogen-bond acceptors (Lipinski definition) is 3. The van der Waals surface area contributed by atoms with Gasteiger partial charge in [-0.3, -0.25) is 0 Å². The summed E-state index contributed by atoms with van der Waals surface area (Å²) in [6.07, 6.45) is 1.41. The minimum absolute atomic E-state index is 0.249. The molecule has 3 rings (SSSR count). The second-order valence-corrected chi connectivity index (χ2v) is 6.96. The predicted molar refractivity (Wildman–Crippen MR) is 109 cm³/mol. The molecular formula is C24H24O4. The average Bonchev–Trinajstić information content (AvgIpc) is 2.68. The van der Waals surface area contributed by atoms with Gasteiger partial charge in [-0.15, -0.1) is 0 Å². The molecule has 28 heavy (non-hydrogen) atoms. The van der Waals surface area contributed by atoms with Gasteiger partial charge in [0.15, 0.2) is 6.61 Å². The molecule has 0 bridgehead atoms. The molecular weight excluding hydrogens is 352 g/mol. The maximum Gasteiger partial charge on any atom is 0.341 e. The fourth-order valence-electron chi connectivity index (χ4n) is 3.41. The lowest BCUT2D eigenvalue weighted by Crippen LogP contribution is -2.12. The minimum Gasteiger partial charge on any atom is -0.508 e. The molecule has 3 aromatic rings. The summed E-state index contributed by atoms with van der Waals surface area (Å²) in [4.78, 5) is 11.0. The molecule has 0 radical (unpaired) electrons. The van der Waals surface area contributed by atoms with Crippen LogP contribution in [0.4, 0.5) is 0 Å². The van der Waals surface area contributed by atoms with Crippen LogP contribution in [-0.4, -0.2) is 22.8 Å². The Kier molecular flexibility index (Phi) is 5.99. The van der Waals surface area contributed by atoms with E-state index in [1.807, 2.05) is 43.3 Å². The molecule has 4 heteroatoms. The standard InChI is InChI=1S/C24H24O4/c1-16-12-23(28-15-24(26)27)22(14-18-6-4-3-5-7-18)17(2)21(16)13-19-8-10-20(25)11-9-19/h3-12,25H,13-15H2,1-2H3,(H,26,27). The van der Waals surface area contributed by atoms with Crippen LogP contribution in [0.5, 0.6) is 11.5 Å². The first-order valence-electron chi connectivity index (χ1n) is 9.22. The van der Waals surface area contributed by atoms with Gasteiger partial charge in [0.2, 0.25) is 0 Å². The van der Waals surface area contributed by atoms with Crippen LogP contribution in [0.15, 0.2) is 60.7 Å². The van der Waals surface area contributed by atoms with Crippen molar-refractivity contribution in [3.63, 3.8) is 0 Å². The summed E-state index contributed by atoms with van der Waals surface area (Å²) in [6.45, 7) is 3.72. The molecule has 0 atom stereocenters. The van der Waals surface area contributed by atoms with Crippen molar-refractivity contribution in [3.05, 3.63) is 94.0 Å². The summed E-state index contributed by atoms with van der Waals surface area (Å²) in [5, 5.41) is 18.5. The molecule has 0 aliphatic carbocycles. The second kappa shape index (κ2) is 8.61. The molecule has 0 saturated carbocycles. The third-order valence-electron chi connectivity index (χ3n) is 4.92. The number of hydrogen-bond donors (Lipinski definition) is 2. The average molecular weight is 376 g/mol. The van der Waals surface area contributed by atoms with E-state index in [1.54, 1.807) is 12.1 Å². The highest BCUT2D eigenvalue weighted by Gasteiger charge is 2.16. The van der Waals surface area contributed by atoms with E-state index < -0.39 is 5.97 Å². The van der Waals surface area contributed by atoms with Crippen molar-refractivity contribution in [1.82, 2.24) is 0 Å². The van der Waals surface area contributed by atoms with Gasteiger partial charge < -0.3 is 14.9 Å². The van der Waals surface area contributed by atoms with Gasteiger partial charge in [-0.05, 0) is 66.3 Å². The van der Waals surface area contributed by atoms with E-state index in [9.17, 15) is 9.90 Å². The Balaban J connectivity index is 2.01. The third-order valence-corrected chi connectivity index (χ3v) is 4.92. The van der Waals surface area contributed by atoms with Gasteiger partial charge >= 0.3 is 5.97 Å². The Morgan fingerprint density at radius 3 is 2.14 bits per heavy atom. The first-order chi connectivity index (χ1) is 13.4. The van der Waals surface area contributed by atoms with Gasteiger partial charge in [0.1, 0.15) is 11.5 Å². The number of rotatable bonds is 7. The van der Waals surface area contributed by atoms with E-state index >= 15 is 0 Å². The van der Waals surface area contributed by atoms with Crippen LogP contribution in [0.3, 0.4) is 0 Å². The summed E-state index contributed by atoms with van der Waals surface area (Å²) in [5.74, 6) is -0.121. The molecule has 0 saturated heterocycles. The zero-order valence-corrected chi connectivity index (χ0v) is 16.1. The molecule has 0 unspecified atom stereocenters.